The Morgan fingerprint density at radius 3 is 2.48 bits per heavy atom. The van der Waals surface area contributed by atoms with Gasteiger partial charge in [0.05, 0.1) is 30.9 Å². The number of carbonyl (C=O) groups is 1. The van der Waals surface area contributed by atoms with Gasteiger partial charge in [0.15, 0.2) is 0 Å². The number of nitrogens with zero attached hydrogens (tertiary/aromatic N) is 2. The van der Waals surface area contributed by atoms with Gasteiger partial charge in [0.2, 0.25) is 10.0 Å². The molecule has 1 aliphatic rings. The highest BCUT2D eigenvalue weighted by atomic mass is 32.2. The van der Waals surface area contributed by atoms with E-state index in [2.05, 4.69) is 0 Å². The average Bonchev–Trinajstić information content (AvgIpc) is 3.20. The SMILES string of the molecule is O=C(c1cccc(S(=O)(=O)N2CCOCC2)c1)N(Cc1ccco1)CC(F)(F)F. The standard InChI is InChI=1S/C18H19F3N2O5S/c19-18(20,21)13-22(12-15-4-2-8-28-15)17(24)14-3-1-5-16(11-14)29(25,26)23-6-9-27-10-7-23/h1-5,8,11H,6-7,9-10,12-13H2. The zero-order valence-corrected chi connectivity index (χ0v) is 16.1. The third-order valence-electron chi connectivity index (χ3n) is 4.27. The van der Waals surface area contributed by atoms with Crippen molar-refractivity contribution in [3.05, 3.63) is 54.0 Å². The van der Waals surface area contributed by atoms with E-state index in [1.807, 2.05) is 0 Å². The predicted molar refractivity (Wildman–Crippen MR) is 95.5 cm³/mol. The van der Waals surface area contributed by atoms with Gasteiger partial charge in [0.25, 0.3) is 5.91 Å². The number of rotatable bonds is 6. The predicted octanol–water partition coefficient (Wildman–Crippen LogP) is 2.51. The highest BCUT2D eigenvalue weighted by molar-refractivity contribution is 7.89. The zero-order chi connectivity index (χ0) is 21.1. The summed E-state index contributed by atoms with van der Waals surface area (Å²) in [6.45, 7) is -1.06. The van der Waals surface area contributed by atoms with Gasteiger partial charge in [-0.25, -0.2) is 8.42 Å². The van der Waals surface area contributed by atoms with Gasteiger partial charge in [-0.15, -0.1) is 0 Å². The van der Waals surface area contributed by atoms with Crippen LogP contribution in [0.3, 0.4) is 0 Å². The summed E-state index contributed by atoms with van der Waals surface area (Å²) < 4.78 is 75.9. The first kappa shape index (κ1) is 21.3. The van der Waals surface area contributed by atoms with Crippen LogP contribution >= 0.6 is 0 Å². The molecule has 3 rings (SSSR count). The third-order valence-corrected chi connectivity index (χ3v) is 6.17. The van der Waals surface area contributed by atoms with E-state index < -0.39 is 35.2 Å². The average molecular weight is 432 g/mol. The molecule has 1 fully saturated rings. The minimum absolute atomic E-state index is 0.157. The monoisotopic (exact) mass is 432 g/mol. The lowest BCUT2D eigenvalue weighted by Gasteiger charge is -2.26. The van der Waals surface area contributed by atoms with Gasteiger partial charge < -0.3 is 14.1 Å². The lowest BCUT2D eigenvalue weighted by molar-refractivity contribution is -0.142. The van der Waals surface area contributed by atoms with Crippen molar-refractivity contribution < 1.29 is 35.5 Å². The number of amides is 1. The van der Waals surface area contributed by atoms with Gasteiger partial charge in [-0.3, -0.25) is 4.79 Å². The van der Waals surface area contributed by atoms with Crippen molar-refractivity contribution in [1.82, 2.24) is 9.21 Å². The van der Waals surface area contributed by atoms with Gasteiger partial charge in [0.1, 0.15) is 12.3 Å². The first-order valence-electron chi connectivity index (χ1n) is 8.73. The van der Waals surface area contributed by atoms with Gasteiger partial charge in [0, 0.05) is 18.7 Å². The van der Waals surface area contributed by atoms with Crippen LogP contribution in [0.4, 0.5) is 13.2 Å². The van der Waals surface area contributed by atoms with Crippen molar-refractivity contribution in [3.8, 4) is 0 Å². The number of carbonyl (C=O) groups excluding carboxylic acids is 1. The number of morpholine rings is 1. The smallest absolute Gasteiger partial charge is 0.406 e. The van der Waals surface area contributed by atoms with Crippen LogP contribution in [0.15, 0.2) is 52.0 Å². The van der Waals surface area contributed by atoms with Gasteiger partial charge in [-0.1, -0.05) is 6.07 Å². The quantitative estimate of drug-likeness (QED) is 0.701. The molecular weight excluding hydrogens is 413 g/mol. The maximum atomic E-state index is 13.0. The summed E-state index contributed by atoms with van der Waals surface area (Å²) in [6, 6.07) is 7.98. The van der Waals surface area contributed by atoms with Crippen molar-refractivity contribution in [1.29, 1.82) is 0 Å². The topological polar surface area (TPSA) is 80.1 Å². The van der Waals surface area contributed by atoms with Crippen LogP contribution in [0.1, 0.15) is 16.1 Å². The number of alkyl halides is 3. The molecule has 0 spiro atoms. The van der Waals surface area contributed by atoms with E-state index in [0.717, 1.165) is 6.07 Å². The van der Waals surface area contributed by atoms with E-state index in [0.29, 0.717) is 4.90 Å². The molecular formula is C18H19F3N2O5S. The van der Waals surface area contributed by atoms with Crippen LogP contribution < -0.4 is 0 Å². The second kappa shape index (κ2) is 8.56. The number of sulfonamides is 1. The van der Waals surface area contributed by atoms with Crippen molar-refractivity contribution in [2.24, 2.45) is 0 Å². The van der Waals surface area contributed by atoms with E-state index in [9.17, 15) is 26.4 Å². The molecule has 1 aliphatic heterocycles. The summed E-state index contributed by atoms with van der Waals surface area (Å²) in [7, 11) is -3.89. The van der Waals surface area contributed by atoms with Crippen LogP contribution in [0, 0.1) is 0 Å². The Bertz CT molecular complexity index is 939. The molecule has 1 aromatic carbocycles. The molecule has 1 amide bonds. The second-order valence-corrected chi connectivity index (χ2v) is 8.34. The fourth-order valence-electron chi connectivity index (χ4n) is 2.91. The van der Waals surface area contributed by atoms with Gasteiger partial charge in [-0.2, -0.15) is 17.5 Å². The maximum Gasteiger partial charge on any atom is 0.406 e. The van der Waals surface area contributed by atoms with E-state index in [-0.39, 0.29) is 42.5 Å². The Morgan fingerprint density at radius 1 is 1.14 bits per heavy atom. The van der Waals surface area contributed by atoms with E-state index in [4.69, 9.17) is 9.15 Å². The number of benzene rings is 1. The molecule has 0 radical (unpaired) electrons. The fraction of sp³-hybridized carbons (Fsp3) is 0.389. The molecule has 2 aromatic rings. The molecule has 0 atom stereocenters. The number of hydrogen-bond donors (Lipinski definition) is 0. The Kier molecular flexibility index (Phi) is 6.30. The molecule has 0 aliphatic carbocycles. The summed E-state index contributed by atoms with van der Waals surface area (Å²) in [5.74, 6) is -0.766. The maximum absolute atomic E-state index is 13.0. The first-order chi connectivity index (χ1) is 13.7. The summed E-state index contributed by atoms with van der Waals surface area (Å²) in [5, 5.41) is 0. The highest BCUT2D eigenvalue weighted by Gasteiger charge is 2.34. The molecule has 1 saturated heterocycles. The number of hydrogen-bond acceptors (Lipinski definition) is 5. The Hall–Kier alpha value is -2.37. The van der Waals surface area contributed by atoms with Crippen LogP contribution in [0.5, 0.6) is 0 Å². The minimum Gasteiger partial charge on any atom is -0.467 e. The zero-order valence-electron chi connectivity index (χ0n) is 15.3. The third kappa shape index (κ3) is 5.37. The lowest BCUT2D eigenvalue weighted by atomic mass is 10.2. The molecule has 11 heteroatoms. The van der Waals surface area contributed by atoms with E-state index >= 15 is 0 Å². The second-order valence-electron chi connectivity index (χ2n) is 6.40. The number of furan rings is 1. The molecule has 29 heavy (non-hydrogen) atoms. The van der Waals surface area contributed by atoms with E-state index in [1.54, 1.807) is 0 Å². The van der Waals surface area contributed by atoms with Crippen LogP contribution in [0.2, 0.25) is 0 Å². The lowest BCUT2D eigenvalue weighted by Crippen LogP contribution is -2.41. The van der Waals surface area contributed by atoms with Crippen LogP contribution in [0.25, 0.3) is 0 Å². The van der Waals surface area contributed by atoms with Crippen molar-refractivity contribution in [3.63, 3.8) is 0 Å². The fourth-order valence-corrected chi connectivity index (χ4v) is 4.37. The Balaban J connectivity index is 1.87. The Labute approximate surface area is 165 Å². The summed E-state index contributed by atoms with van der Waals surface area (Å²) in [6.07, 6.45) is -3.33. The van der Waals surface area contributed by atoms with Gasteiger partial charge >= 0.3 is 6.18 Å². The first-order valence-corrected chi connectivity index (χ1v) is 10.2. The molecule has 0 saturated carbocycles. The molecule has 0 bridgehead atoms. The molecule has 1 aromatic heterocycles. The Morgan fingerprint density at radius 2 is 1.86 bits per heavy atom. The normalized spacial score (nSPS) is 16.0. The van der Waals surface area contributed by atoms with E-state index in [1.165, 1.54) is 40.9 Å². The summed E-state index contributed by atoms with van der Waals surface area (Å²) in [4.78, 5) is 13.2. The van der Waals surface area contributed by atoms with Crippen molar-refractivity contribution >= 4 is 15.9 Å². The minimum atomic E-state index is -4.63. The number of ether oxygens (including phenoxy) is 1. The largest absolute Gasteiger partial charge is 0.467 e. The summed E-state index contributed by atoms with van der Waals surface area (Å²) >= 11 is 0. The molecule has 2 heterocycles. The molecule has 0 unspecified atom stereocenters. The molecule has 0 N–H and O–H groups in total. The number of halogens is 3. The molecule has 7 nitrogen and oxygen atoms in total. The van der Waals surface area contributed by atoms with Crippen molar-refractivity contribution in [2.75, 3.05) is 32.8 Å². The highest BCUT2D eigenvalue weighted by Crippen LogP contribution is 2.23. The van der Waals surface area contributed by atoms with Gasteiger partial charge in [-0.05, 0) is 30.3 Å². The van der Waals surface area contributed by atoms with Crippen LogP contribution in [-0.4, -0.2) is 62.6 Å². The summed E-state index contributed by atoms with van der Waals surface area (Å²) in [5.41, 5.74) is -0.157. The molecule has 158 valence electrons. The van der Waals surface area contributed by atoms with Crippen LogP contribution in [-0.2, 0) is 21.3 Å². The van der Waals surface area contributed by atoms with Crippen molar-refractivity contribution in [2.45, 2.75) is 17.6 Å².